The van der Waals surface area contributed by atoms with Gasteiger partial charge in [0.1, 0.15) is 5.75 Å². The minimum Gasteiger partial charge on any atom is -0.494 e. The van der Waals surface area contributed by atoms with Gasteiger partial charge in [-0.3, -0.25) is 5.10 Å². The van der Waals surface area contributed by atoms with Crippen molar-refractivity contribution in [3.8, 4) is 5.75 Å². The number of H-pyrrole nitrogens is 1. The molecule has 1 aromatic heterocycles. The number of hydrogen-bond acceptors (Lipinski definition) is 2. The van der Waals surface area contributed by atoms with E-state index in [2.05, 4.69) is 49.2 Å². The molecule has 0 bridgehead atoms. The summed E-state index contributed by atoms with van der Waals surface area (Å²) >= 11 is 0. The molecule has 120 valence electrons. The third-order valence-corrected chi connectivity index (χ3v) is 3.82. The van der Waals surface area contributed by atoms with Crippen LogP contribution in [0.3, 0.4) is 0 Å². The number of benzene rings is 1. The molecule has 0 aliphatic carbocycles. The fourth-order valence-electron chi connectivity index (χ4n) is 2.55. The number of allylic oxidation sites excluding steroid dienone is 2. The number of aromatic nitrogens is 2. The Kier molecular flexibility index (Phi) is 6.50. The summed E-state index contributed by atoms with van der Waals surface area (Å²) in [6, 6.07) is 6.22. The Balaban J connectivity index is 1.93. The number of aryl methyl sites for hydroxylation is 1. The molecule has 3 nitrogen and oxygen atoms in total. The molecule has 0 spiro atoms. The predicted octanol–water partition coefficient (Wildman–Crippen LogP) is 5.42. The third-order valence-electron chi connectivity index (χ3n) is 3.82. The molecule has 2 rings (SSSR count). The molecule has 0 radical (unpaired) electrons. The Morgan fingerprint density at radius 1 is 1.23 bits per heavy atom. The Labute approximate surface area is 133 Å². The van der Waals surface area contributed by atoms with Gasteiger partial charge in [0.05, 0.1) is 12.1 Å². The molecular formula is C19H28N2O. The molecule has 22 heavy (non-hydrogen) atoms. The van der Waals surface area contributed by atoms with Crippen LogP contribution in [0, 0.1) is 0 Å². The summed E-state index contributed by atoms with van der Waals surface area (Å²) in [5.41, 5.74) is 3.57. The Bertz CT molecular complexity index is 609. The lowest BCUT2D eigenvalue weighted by Crippen LogP contribution is -1.97. The zero-order valence-electron chi connectivity index (χ0n) is 14.1. The van der Waals surface area contributed by atoms with Gasteiger partial charge in [-0.05, 0) is 45.2 Å². The van der Waals surface area contributed by atoms with Gasteiger partial charge in [-0.1, -0.05) is 37.8 Å². The molecule has 0 saturated carbocycles. The molecule has 3 heteroatoms. The zero-order chi connectivity index (χ0) is 15.8. The highest BCUT2D eigenvalue weighted by molar-refractivity contribution is 5.82. The van der Waals surface area contributed by atoms with Gasteiger partial charge in [0, 0.05) is 17.1 Å². The first-order chi connectivity index (χ1) is 10.7. The summed E-state index contributed by atoms with van der Waals surface area (Å²) in [5, 5.41) is 8.78. The number of fused-ring (bicyclic) bond motifs is 1. The van der Waals surface area contributed by atoms with Crippen molar-refractivity contribution in [2.45, 2.75) is 59.3 Å². The number of nitrogens with zero attached hydrogens (tertiary/aromatic N) is 1. The van der Waals surface area contributed by atoms with Crippen LogP contribution in [0.1, 0.15) is 58.6 Å². The number of ether oxygens (including phenoxy) is 1. The molecule has 1 heterocycles. The average Bonchev–Trinajstić information content (AvgIpc) is 2.89. The maximum atomic E-state index is 5.82. The third kappa shape index (κ3) is 4.90. The second-order valence-electron chi connectivity index (χ2n) is 6.11. The molecule has 1 aromatic carbocycles. The smallest absolute Gasteiger partial charge is 0.121 e. The highest BCUT2D eigenvalue weighted by Gasteiger charge is 2.06. The topological polar surface area (TPSA) is 37.9 Å². The van der Waals surface area contributed by atoms with Crippen LogP contribution in [-0.4, -0.2) is 16.8 Å². The van der Waals surface area contributed by atoms with E-state index in [0.717, 1.165) is 37.1 Å². The molecule has 0 atom stereocenters. The standard InChI is InChI=1S/C19H28N2O/c1-4-5-6-7-13-22-16-11-12-17-18(10-8-9-15(2)3)20-21-19(17)14-16/h9,11-12,14H,4-8,10,13H2,1-3H3,(H,20,21). The fourth-order valence-corrected chi connectivity index (χ4v) is 2.55. The highest BCUT2D eigenvalue weighted by atomic mass is 16.5. The molecule has 2 aromatic rings. The van der Waals surface area contributed by atoms with E-state index in [-0.39, 0.29) is 0 Å². The molecular weight excluding hydrogens is 272 g/mol. The first-order valence-electron chi connectivity index (χ1n) is 8.44. The Hall–Kier alpha value is -1.77. The van der Waals surface area contributed by atoms with Crippen LogP contribution in [0.15, 0.2) is 29.8 Å². The quantitative estimate of drug-likeness (QED) is 0.496. The van der Waals surface area contributed by atoms with Crippen molar-refractivity contribution in [2.24, 2.45) is 0 Å². The maximum Gasteiger partial charge on any atom is 0.121 e. The maximum absolute atomic E-state index is 5.82. The molecule has 0 unspecified atom stereocenters. The zero-order valence-corrected chi connectivity index (χ0v) is 14.1. The lowest BCUT2D eigenvalue weighted by molar-refractivity contribution is 0.305. The largest absolute Gasteiger partial charge is 0.494 e. The summed E-state index contributed by atoms with van der Waals surface area (Å²) < 4.78 is 5.82. The van der Waals surface area contributed by atoms with Crippen molar-refractivity contribution in [3.05, 3.63) is 35.5 Å². The van der Waals surface area contributed by atoms with E-state index in [4.69, 9.17) is 4.74 Å². The fraction of sp³-hybridized carbons (Fsp3) is 0.526. The Morgan fingerprint density at radius 2 is 2.09 bits per heavy atom. The second-order valence-corrected chi connectivity index (χ2v) is 6.11. The lowest BCUT2D eigenvalue weighted by atomic mass is 10.1. The van der Waals surface area contributed by atoms with Crippen LogP contribution >= 0.6 is 0 Å². The summed E-state index contributed by atoms with van der Waals surface area (Å²) in [6.07, 6.45) is 9.23. The van der Waals surface area contributed by atoms with Crippen LogP contribution < -0.4 is 4.74 Å². The monoisotopic (exact) mass is 300 g/mol. The first-order valence-corrected chi connectivity index (χ1v) is 8.44. The molecule has 1 N–H and O–H groups in total. The van der Waals surface area contributed by atoms with Gasteiger partial charge in [-0.15, -0.1) is 0 Å². The van der Waals surface area contributed by atoms with Gasteiger partial charge in [-0.25, -0.2) is 0 Å². The lowest BCUT2D eigenvalue weighted by Gasteiger charge is -2.05. The molecule has 0 saturated heterocycles. The summed E-state index contributed by atoms with van der Waals surface area (Å²) in [6.45, 7) is 7.29. The van der Waals surface area contributed by atoms with Crippen molar-refractivity contribution in [2.75, 3.05) is 6.61 Å². The van der Waals surface area contributed by atoms with Crippen LogP contribution in [0.2, 0.25) is 0 Å². The number of nitrogens with one attached hydrogen (secondary N) is 1. The summed E-state index contributed by atoms with van der Waals surface area (Å²) in [5.74, 6) is 0.923. The number of rotatable bonds is 9. The summed E-state index contributed by atoms with van der Waals surface area (Å²) in [4.78, 5) is 0. The van der Waals surface area contributed by atoms with E-state index in [1.807, 2.05) is 6.07 Å². The predicted molar refractivity (Wildman–Crippen MR) is 93.5 cm³/mol. The van der Waals surface area contributed by atoms with Gasteiger partial charge < -0.3 is 4.74 Å². The molecule has 0 aliphatic rings. The summed E-state index contributed by atoms with van der Waals surface area (Å²) in [7, 11) is 0. The van der Waals surface area contributed by atoms with E-state index in [1.165, 1.54) is 35.9 Å². The van der Waals surface area contributed by atoms with Crippen LogP contribution in [-0.2, 0) is 6.42 Å². The minimum absolute atomic E-state index is 0.795. The van der Waals surface area contributed by atoms with E-state index in [9.17, 15) is 0 Å². The van der Waals surface area contributed by atoms with Crippen molar-refractivity contribution in [1.29, 1.82) is 0 Å². The van der Waals surface area contributed by atoms with Gasteiger partial charge in [0.2, 0.25) is 0 Å². The molecule has 0 aliphatic heterocycles. The van der Waals surface area contributed by atoms with Gasteiger partial charge in [-0.2, -0.15) is 5.10 Å². The van der Waals surface area contributed by atoms with Gasteiger partial charge in [0.25, 0.3) is 0 Å². The molecule has 0 fully saturated rings. The van der Waals surface area contributed by atoms with E-state index in [0.29, 0.717) is 0 Å². The van der Waals surface area contributed by atoms with E-state index in [1.54, 1.807) is 0 Å². The van der Waals surface area contributed by atoms with E-state index >= 15 is 0 Å². The van der Waals surface area contributed by atoms with Crippen molar-refractivity contribution >= 4 is 10.9 Å². The van der Waals surface area contributed by atoms with Crippen LogP contribution in [0.25, 0.3) is 10.9 Å². The van der Waals surface area contributed by atoms with Gasteiger partial charge >= 0.3 is 0 Å². The first kappa shape index (κ1) is 16.6. The number of hydrogen-bond donors (Lipinski definition) is 1. The average molecular weight is 300 g/mol. The van der Waals surface area contributed by atoms with Gasteiger partial charge in [0.15, 0.2) is 0 Å². The Morgan fingerprint density at radius 3 is 2.86 bits per heavy atom. The number of aromatic amines is 1. The van der Waals surface area contributed by atoms with Crippen LogP contribution in [0.4, 0.5) is 0 Å². The second kappa shape index (κ2) is 8.62. The highest BCUT2D eigenvalue weighted by Crippen LogP contribution is 2.23. The van der Waals surface area contributed by atoms with Crippen LogP contribution in [0.5, 0.6) is 5.75 Å². The van der Waals surface area contributed by atoms with Crippen molar-refractivity contribution in [1.82, 2.24) is 10.2 Å². The normalized spacial score (nSPS) is 10.9. The number of unbranched alkanes of at least 4 members (excludes halogenated alkanes) is 3. The molecule has 0 amide bonds. The van der Waals surface area contributed by atoms with E-state index < -0.39 is 0 Å². The van der Waals surface area contributed by atoms with Crippen molar-refractivity contribution < 1.29 is 4.74 Å². The SMILES string of the molecule is CCCCCCOc1ccc2c(CCC=C(C)C)[nH]nc2c1. The van der Waals surface area contributed by atoms with Crippen molar-refractivity contribution in [3.63, 3.8) is 0 Å². The minimum atomic E-state index is 0.795.